The molecule has 1 aliphatic rings. The zero-order chi connectivity index (χ0) is 14.6. The van der Waals surface area contributed by atoms with Crippen LogP contribution in [0.5, 0.6) is 0 Å². The first kappa shape index (κ1) is 13.2. The van der Waals surface area contributed by atoms with Crippen LogP contribution in [0.3, 0.4) is 0 Å². The lowest BCUT2D eigenvalue weighted by Crippen LogP contribution is -1.96. The monoisotopic (exact) mass is 362 g/mol. The van der Waals surface area contributed by atoms with Crippen molar-refractivity contribution in [3.8, 4) is 0 Å². The molecule has 1 heterocycles. The van der Waals surface area contributed by atoms with Crippen LogP contribution in [0.15, 0.2) is 46.9 Å². The first-order chi connectivity index (χ1) is 10.1. The summed E-state index contributed by atoms with van der Waals surface area (Å²) in [6.07, 6.45) is 1.07. The molecule has 1 aromatic heterocycles. The SMILES string of the molecule is Fc1cc2[nH]c(=S)n(C3CC3c3ccccc3)c2cc1Br. The van der Waals surface area contributed by atoms with E-state index in [0.717, 1.165) is 17.5 Å². The number of nitrogens with zero attached hydrogens (tertiary/aromatic N) is 1. The van der Waals surface area contributed by atoms with Crippen molar-refractivity contribution in [3.63, 3.8) is 0 Å². The van der Waals surface area contributed by atoms with Gasteiger partial charge in [-0.25, -0.2) is 4.39 Å². The van der Waals surface area contributed by atoms with E-state index in [9.17, 15) is 4.39 Å². The number of hydrogen-bond acceptors (Lipinski definition) is 1. The van der Waals surface area contributed by atoms with Crippen molar-refractivity contribution in [2.24, 2.45) is 0 Å². The lowest BCUT2D eigenvalue weighted by Gasteiger charge is -2.05. The molecule has 1 N–H and O–H groups in total. The highest BCUT2D eigenvalue weighted by atomic mass is 79.9. The van der Waals surface area contributed by atoms with E-state index in [4.69, 9.17) is 12.2 Å². The molecule has 0 aliphatic heterocycles. The van der Waals surface area contributed by atoms with E-state index in [-0.39, 0.29) is 5.82 Å². The molecule has 1 saturated carbocycles. The van der Waals surface area contributed by atoms with Crippen LogP contribution in [0.2, 0.25) is 0 Å². The average Bonchev–Trinajstić information content (AvgIpc) is 3.19. The van der Waals surface area contributed by atoms with Crippen LogP contribution < -0.4 is 0 Å². The van der Waals surface area contributed by atoms with E-state index in [1.54, 1.807) is 6.07 Å². The number of aromatic nitrogens is 2. The Morgan fingerprint density at radius 3 is 2.76 bits per heavy atom. The van der Waals surface area contributed by atoms with Crippen LogP contribution in [-0.2, 0) is 0 Å². The fourth-order valence-electron chi connectivity index (χ4n) is 2.98. The van der Waals surface area contributed by atoms with Gasteiger partial charge in [0.15, 0.2) is 4.77 Å². The minimum absolute atomic E-state index is 0.277. The molecule has 0 saturated heterocycles. The molecule has 1 aliphatic carbocycles. The Morgan fingerprint density at radius 1 is 1.24 bits per heavy atom. The van der Waals surface area contributed by atoms with Crippen LogP contribution in [0, 0.1) is 10.6 Å². The number of fused-ring (bicyclic) bond motifs is 1. The van der Waals surface area contributed by atoms with E-state index in [0.29, 0.717) is 21.2 Å². The minimum Gasteiger partial charge on any atom is -0.330 e. The van der Waals surface area contributed by atoms with E-state index < -0.39 is 0 Å². The van der Waals surface area contributed by atoms with Crippen LogP contribution in [0.4, 0.5) is 4.39 Å². The summed E-state index contributed by atoms with van der Waals surface area (Å²) in [5.74, 6) is 0.210. The smallest absolute Gasteiger partial charge is 0.178 e. The Balaban J connectivity index is 1.80. The van der Waals surface area contributed by atoms with Crippen molar-refractivity contribution in [2.75, 3.05) is 0 Å². The molecule has 4 rings (SSSR count). The van der Waals surface area contributed by atoms with Crippen LogP contribution in [0.25, 0.3) is 11.0 Å². The lowest BCUT2D eigenvalue weighted by atomic mass is 10.1. The van der Waals surface area contributed by atoms with Crippen LogP contribution in [-0.4, -0.2) is 9.55 Å². The number of benzene rings is 2. The molecule has 5 heteroatoms. The molecular weight excluding hydrogens is 351 g/mol. The zero-order valence-corrected chi connectivity index (χ0v) is 13.4. The van der Waals surface area contributed by atoms with Gasteiger partial charge in [0.1, 0.15) is 5.82 Å². The summed E-state index contributed by atoms with van der Waals surface area (Å²) in [6.45, 7) is 0. The third-order valence-electron chi connectivity index (χ3n) is 4.07. The molecule has 0 amide bonds. The number of nitrogens with one attached hydrogen (secondary N) is 1. The Labute approximate surface area is 134 Å². The highest BCUT2D eigenvalue weighted by Crippen LogP contribution is 2.52. The topological polar surface area (TPSA) is 20.7 Å². The first-order valence-corrected chi connectivity index (χ1v) is 7.99. The maximum Gasteiger partial charge on any atom is 0.178 e. The molecule has 0 bridgehead atoms. The number of H-pyrrole nitrogens is 1. The fourth-order valence-corrected chi connectivity index (χ4v) is 3.65. The summed E-state index contributed by atoms with van der Waals surface area (Å²) >= 11 is 8.68. The van der Waals surface area contributed by atoms with Gasteiger partial charge in [0.05, 0.1) is 15.5 Å². The van der Waals surface area contributed by atoms with Crippen LogP contribution in [0.1, 0.15) is 23.9 Å². The number of rotatable bonds is 2. The lowest BCUT2D eigenvalue weighted by molar-refractivity contribution is 0.622. The van der Waals surface area contributed by atoms with Crippen molar-refractivity contribution in [2.45, 2.75) is 18.4 Å². The second-order valence-electron chi connectivity index (χ2n) is 5.40. The summed E-state index contributed by atoms with van der Waals surface area (Å²) in [5.41, 5.74) is 3.04. The Morgan fingerprint density at radius 2 is 2.00 bits per heavy atom. The summed E-state index contributed by atoms with van der Waals surface area (Å²) in [7, 11) is 0. The molecule has 2 nitrogen and oxygen atoms in total. The van der Waals surface area contributed by atoms with E-state index in [1.807, 2.05) is 6.07 Å². The molecule has 2 atom stereocenters. The third kappa shape index (κ3) is 2.15. The summed E-state index contributed by atoms with van der Waals surface area (Å²) in [6, 6.07) is 14.1. The Bertz CT molecular complexity index is 884. The number of imidazole rings is 1. The average molecular weight is 363 g/mol. The molecular formula is C16H12BrFN2S. The summed E-state index contributed by atoms with van der Waals surface area (Å²) in [5, 5.41) is 0. The standard InChI is InChI=1S/C16H12BrFN2S/c17-11-7-15-13(8-12(11)18)19-16(21)20(15)14-6-10(14)9-4-2-1-3-5-9/h1-5,7-8,10,14H,6H2,(H,19,21). The summed E-state index contributed by atoms with van der Waals surface area (Å²) in [4.78, 5) is 3.11. The van der Waals surface area contributed by atoms with Crippen molar-refractivity contribution in [1.82, 2.24) is 9.55 Å². The van der Waals surface area contributed by atoms with Gasteiger partial charge in [0.2, 0.25) is 0 Å². The quantitative estimate of drug-likeness (QED) is 0.611. The Hall–Kier alpha value is -1.46. The molecule has 2 unspecified atom stereocenters. The predicted molar refractivity (Wildman–Crippen MR) is 87.6 cm³/mol. The van der Waals surface area contributed by atoms with Crippen molar-refractivity contribution < 1.29 is 4.39 Å². The van der Waals surface area contributed by atoms with Gasteiger partial charge in [-0.05, 0) is 46.2 Å². The zero-order valence-electron chi connectivity index (χ0n) is 11.0. The highest BCUT2D eigenvalue weighted by molar-refractivity contribution is 9.10. The van der Waals surface area contributed by atoms with E-state index in [1.165, 1.54) is 11.6 Å². The molecule has 1 fully saturated rings. The normalized spacial score (nSPS) is 20.9. The van der Waals surface area contributed by atoms with Gasteiger partial charge >= 0.3 is 0 Å². The highest BCUT2D eigenvalue weighted by Gasteiger charge is 2.41. The molecule has 2 aromatic carbocycles. The van der Waals surface area contributed by atoms with Crippen molar-refractivity contribution >= 4 is 39.2 Å². The van der Waals surface area contributed by atoms with Gasteiger partial charge in [0.25, 0.3) is 0 Å². The molecule has 3 aromatic rings. The number of hydrogen-bond donors (Lipinski definition) is 1. The van der Waals surface area contributed by atoms with Gasteiger partial charge in [0, 0.05) is 18.0 Å². The maximum absolute atomic E-state index is 13.6. The van der Waals surface area contributed by atoms with Gasteiger partial charge < -0.3 is 9.55 Å². The van der Waals surface area contributed by atoms with Crippen molar-refractivity contribution in [1.29, 1.82) is 0 Å². The van der Waals surface area contributed by atoms with E-state index >= 15 is 0 Å². The number of aromatic amines is 1. The minimum atomic E-state index is -0.277. The molecule has 21 heavy (non-hydrogen) atoms. The third-order valence-corrected chi connectivity index (χ3v) is 4.98. The fraction of sp³-hybridized carbons (Fsp3) is 0.188. The van der Waals surface area contributed by atoms with Gasteiger partial charge in [-0.2, -0.15) is 0 Å². The Kier molecular flexibility index (Phi) is 3.01. The molecule has 0 radical (unpaired) electrons. The predicted octanol–water partition coefficient (Wildman–Crippen LogP) is 5.33. The maximum atomic E-state index is 13.6. The van der Waals surface area contributed by atoms with Gasteiger partial charge in [-0.3, -0.25) is 0 Å². The van der Waals surface area contributed by atoms with Crippen molar-refractivity contribution in [3.05, 3.63) is 63.1 Å². The number of halogens is 2. The van der Waals surface area contributed by atoms with E-state index in [2.05, 4.69) is 49.7 Å². The molecule has 106 valence electrons. The first-order valence-electron chi connectivity index (χ1n) is 6.79. The second-order valence-corrected chi connectivity index (χ2v) is 6.64. The van der Waals surface area contributed by atoms with Gasteiger partial charge in [-0.1, -0.05) is 30.3 Å². The van der Waals surface area contributed by atoms with Crippen LogP contribution >= 0.6 is 28.1 Å². The largest absolute Gasteiger partial charge is 0.330 e. The second kappa shape index (κ2) is 4.78. The van der Waals surface area contributed by atoms with Gasteiger partial charge in [-0.15, -0.1) is 0 Å². The summed E-state index contributed by atoms with van der Waals surface area (Å²) < 4.78 is 16.9. The molecule has 0 spiro atoms.